The summed E-state index contributed by atoms with van der Waals surface area (Å²) in [6.07, 6.45) is 0. The second-order valence-electron chi connectivity index (χ2n) is 4.76. The van der Waals surface area contributed by atoms with E-state index in [1.807, 2.05) is 12.1 Å². The van der Waals surface area contributed by atoms with Crippen molar-refractivity contribution in [3.05, 3.63) is 70.3 Å². The van der Waals surface area contributed by atoms with Gasteiger partial charge >= 0.3 is 0 Å². The van der Waals surface area contributed by atoms with Crippen LogP contribution in [0.15, 0.2) is 71.1 Å². The Morgan fingerprint density at radius 2 is 1.35 bits per heavy atom. The summed E-state index contributed by atoms with van der Waals surface area (Å²) in [4.78, 5) is 0. The van der Waals surface area contributed by atoms with Gasteiger partial charge in [0.1, 0.15) is 11.2 Å². The molecule has 2 heteroatoms. The molecule has 0 atom stereocenters. The number of para-hydroxylation sites is 2. The maximum Gasteiger partial charge on any atom is 0.143 e. The van der Waals surface area contributed by atoms with E-state index >= 15 is 0 Å². The van der Waals surface area contributed by atoms with E-state index in [9.17, 15) is 0 Å². The van der Waals surface area contributed by atoms with Gasteiger partial charge in [-0.3, -0.25) is 0 Å². The van der Waals surface area contributed by atoms with Gasteiger partial charge in [-0.05, 0) is 40.3 Å². The van der Waals surface area contributed by atoms with Crippen molar-refractivity contribution < 1.29 is 4.42 Å². The fraction of sp³-hybridized carbons (Fsp3) is 0. The van der Waals surface area contributed by atoms with E-state index in [1.165, 1.54) is 19.9 Å². The van der Waals surface area contributed by atoms with Crippen LogP contribution in [0.3, 0.4) is 0 Å². The number of hydrogen-bond acceptors (Lipinski definition) is 1. The quantitative estimate of drug-likeness (QED) is 0.383. The van der Waals surface area contributed by atoms with Gasteiger partial charge in [0.15, 0.2) is 0 Å². The van der Waals surface area contributed by atoms with Gasteiger partial charge in [0.2, 0.25) is 0 Å². The Hall–Kier alpha value is -1.81. The van der Waals surface area contributed by atoms with Crippen molar-refractivity contribution in [2.24, 2.45) is 0 Å². The highest BCUT2D eigenvalue weighted by atomic mass is 127. The molecular weight excluding hydrogens is 359 g/mol. The molecule has 96 valence electrons. The lowest BCUT2D eigenvalue weighted by molar-refractivity contribution is 0.670. The topological polar surface area (TPSA) is 13.1 Å². The van der Waals surface area contributed by atoms with Gasteiger partial charge in [-0.15, -0.1) is 0 Å². The molecule has 0 fully saturated rings. The largest absolute Gasteiger partial charge is 0.455 e. The van der Waals surface area contributed by atoms with E-state index in [0.29, 0.717) is 0 Å². The average molecular weight is 370 g/mol. The van der Waals surface area contributed by atoms with Gasteiger partial charge in [-0.25, -0.2) is 0 Å². The van der Waals surface area contributed by atoms with Crippen LogP contribution in [0.4, 0.5) is 0 Å². The molecule has 0 N–H and O–H groups in total. The van der Waals surface area contributed by atoms with Crippen molar-refractivity contribution >= 4 is 44.5 Å². The second kappa shape index (κ2) is 4.63. The lowest BCUT2D eigenvalue weighted by Crippen LogP contribution is -1.82. The van der Waals surface area contributed by atoms with Crippen molar-refractivity contribution in [3.8, 4) is 11.1 Å². The van der Waals surface area contributed by atoms with Crippen LogP contribution in [-0.2, 0) is 0 Å². The molecule has 0 aliphatic heterocycles. The second-order valence-corrected chi connectivity index (χ2v) is 5.92. The third kappa shape index (κ3) is 1.75. The number of rotatable bonds is 1. The molecule has 0 amide bonds. The average Bonchev–Trinajstić information content (AvgIpc) is 2.86. The Kier molecular flexibility index (Phi) is 2.77. The maximum atomic E-state index is 6.09. The van der Waals surface area contributed by atoms with Gasteiger partial charge in [-0.1, -0.05) is 54.6 Å². The fourth-order valence-electron chi connectivity index (χ4n) is 2.64. The summed E-state index contributed by atoms with van der Waals surface area (Å²) in [5, 5.41) is 2.35. The summed E-state index contributed by atoms with van der Waals surface area (Å²) < 4.78 is 7.32. The van der Waals surface area contributed by atoms with Gasteiger partial charge in [0.25, 0.3) is 0 Å². The molecule has 1 heterocycles. The highest BCUT2D eigenvalue weighted by Gasteiger charge is 2.12. The summed E-state index contributed by atoms with van der Waals surface area (Å²) in [6, 6.07) is 22.9. The van der Waals surface area contributed by atoms with Crippen LogP contribution in [0.25, 0.3) is 33.1 Å². The first-order valence-corrected chi connectivity index (χ1v) is 7.57. The van der Waals surface area contributed by atoms with Crippen molar-refractivity contribution in [2.45, 2.75) is 0 Å². The van der Waals surface area contributed by atoms with Crippen LogP contribution in [0, 0.1) is 3.57 Å². The predicted molar refractivity (Wildman–Crippen MR) is 91.9 cm³/mol. The Balaban J connectivity index is 2.13. The molecule has 3 aromatic carbocycles. The first kappa shape index (κ1) is 12.0. The first-order valence-electron chi connectivity index (χ1n) is 6.50. The van der Waals surface area contributed by atoms with Gasteiger partial charge in [-0.2, -0.15) is 0 Å². The molecule has 4 aromatic rings. The fourth-order valence-corrected chi connectivity index (χ4v) is 3.32. The van der Waals surface area contributed by atoms with Crippen LogP contribution < -0.4 is 0 Å². The van der Waals surface area contributed by atoms with Crippen molar-refractivity contribution in [1.82, 2.24) is 0 Å². The Bertz CT molecular complexity index is 921. The van der Waals surface area contributed by atoms with E-state index < -0.39 is 0 Å². The smallest absolute Gasteiger partial charge is 0.143 e. The Labute approximate surface area is 130 Å². The molecule has 0 aliphatic rings. The minimum absolute atomic E-state index is 0.945. The molecule has 4 rings (SSSR count). The number of furan rings is 1. The van der Waals surface area contributed by atoms with Crippen molar-refractivity contribution in [3.63, 3.8) is 0 Å². The zero-order chi connectivity index (χ0) is 13.5. The van der Waals surface area contributed by atoms with Crippen LogP contribution in [0.5, 0.6) is 0 Å². The van der Waals surface area contributed by atoms with Crippen molar-refractivity contribution in [1.29, 1.82) is 0 Å². The summed E-state index contributed by atoms with van der Waals surface area (Å²) in [6.45, 7) is 0. The Morgan fingerprint density at radius 1 is 0.650 bits per heavy atom. The molecule has 0 aliphatic carbocycles. The maximum absolute atomic E-state index is 6.09. The minimum atomic E-state index is 0.945. The molecule has 1 aromatic heterocycles. The predicted octanol–water partition coefficient (Wildman–Crippen LogP) is 5.86. The van der Waals surface area contributed by atoms with Crippen molar-refractivity contribution in [2.75, 3.05) is 0 Å². The van der Waals surface area contributed by atoms with E-state index in [0.717, 1.165) is 16.7 Å². The normalized spacial score (nSPS) is 11.2. The number of halogens is 1. The zero-order valence-corrected chi connectivity index (χ0v) is 12.8. The summed E-state index contributed by atoms with van der Waals surface area (Å²) in [5.74, 6) is 0. The zero-order valence-electron chi connectivity index (χ0n) is 10.6. The number of benzene rings is 3. The standard InChI is InChI=1S/C18H11IO/c19-16-10-3-1-6-12(16)14-8-5-9-15-13-7-2-4-11-17(13)20-18(14)15/h1-11H. The number of fused-ring (bicyclic) bond motifs is 3. The van der Waals surface area contributed by atoms with E-state index in [1.54, 1.807) is 0 Å². The molecule has 0 radical (unpaired) electrons. The molecule has 0 saturated heterocycles. The lowest BCUT2D eigenvalue weighted by Gasteiger charge is -2.04. The molecule has 20 heavy (non-hydrogen) atoms. The monoisotopic (exact) mass is 370 g/mol. The van der Waals surface area contributed by atoms with Gasteiger partial charge < -0.3 is 4.42 Å². The van der Waals surface area contributed by atoms with Gasteiger partial charge in [0.05, 0.1) is 0 Å². The van der Waals surface area contributed by atoms with E-state index in [4.69, 9.17) is 4.42 Å². The molecular formula is C18H11IO. The highest BCUT2D eigenvalue weighted by Crippen LogP contribution is 2.36. The van der Waals surface area contributed by atoms with Crippen LogP contribution in [0.1, 0.15) is 0 Å². The van der Waals surface area contributed by atoms with Gasteiger partial charge in [0, 0.05) is 19.9 Å². The minimum Gasteiger partial charge on any atom is -0.455 e. The Morgan fingerprint density at radius 3 is 2.25 bits per heavy atom. The molecule has 1 nitrogen and oxygen atoms in total. The molecule has 0 bridgehead atoms. The summed E-state index contributed by atoms with van der Waals surface area (Å²) >= 11 is 2.37. The van der Waals surface area contributed by atoms with Crippen LogP contribution in [0.2, 0.25) is 0 Å². The highest BCUT2D eigenvalue weighted by molar-refractivity contribution is 14.1. The lowest BCUT2D eigenvalue weighted by atomic mass is 10.0. The summed E-state index contributed by atoms with van der Waals surface area (Å²) in [5.41, 5.74) is 4.29. The third-order valence-corrected chi connectivity index (χ3v) is 4.51. The van der Waals surface area contributed by atoms with Crippen LogP contribution in [-0.4, -0.2) is 0 Å². The molecule has 0 spiro atoms. The molecule has 0 saturated carbocycles. The van der Waals surface area contributed by atoms with E-state index in [2.05, 4.69) is 77.2 Å². The van der Waals surface area contributed by atoms with E-state index in [-0.39, 0.29) is 0 Å². The third-order valence-electron chi connectivity index (χ3n) is 3.57. The first-order chi connectivity index (χ1) is 9.84. The summed E-state index contributed by atoms with van der Waals surface area (Å²) in [7, 11) is 0. The van der Waals surface area contributed by atoms with Crippen LogP contribution >= 0.6 is 22.6 Å². The SMILES string of the molecule is Ic1ccccc1-c1cccc2c1oc1ccccc12. The molecule has 0 unspecified atom stereocenters. The number of hydrogen-bond donors (Lipinski definition) is 0.